The maximum absolute atomic E-state index is 12.0. The van der Waals surface area contributed by atoms with Gasteiger partial charge in [0.15, 0.2) is 0 Å². The van der Waals surface area contributed by atoms with Gasteiger partial charge in [-0.15, -0.1) is 0 Å². The van der Waals surface area contributed by atoms with Crippen molar-refractivity contribution in [3.05, 3.63) is 90.5 Å². The number of anilines is 1. The second-order valence-corrected chi connectivity index (χ2v) is 5.48. The number of benzene rings is 3. The highest BCUT2D eigenvalue weighted by Gasteiger charge is 2.04. The molecule has 0 unspecified atom stereocenters. The van der Waals surface area contributed by atoms with Crippen molar-refractivity contribution in [2.75, 3.05) is 5.32 Å². The van der Waals surface area contributed by atoms with E-state index in [1.54, 1.807) is 0 Å². The molecule has 0 aliphatic carbocycles. The third-order valence-corrected chi connectivity index (χ3v) is 3.76. The highest BCUT2D eigenvalue weighted by atomic mass is 16.1. The summed E-state index contributed by atoms with van der Waals surface area (Å²) in [6.45, 7) is 0. The first-order valence-electron chi connectivity index (χ1n) is 7.80. The van der Waals surface area contributed by atoms with Gasteiger partial charge in [-0.2, -0.15) is 0 Å². The Morgan fingerprint density at radius 1 is 0.696 bits per heavy atom. The minimum absolute atomic E-state index is 0.0429. The zero-order valence-corrected chi connectivity index (χ0v) is 12.9. The first kappa shape index (κ1) is 15.0. The van der Waals surface area contributed by atoms with E-state index in [9.17, 15) is 4.79 Å². The number of rotatable bonds is 5. The van der Waals surface area contributed by atoms with Crippen LogP contribution >= 0.6 is 0 Å². The molecule has 0 saturated heterocycles. The Hall–Kier alpha value is -2.87. The lowest BCUT2D eigenvalue weighted by molar-refractivity contribution is -0.116. The monoisotopic (exact) mass is 301 g/mol. The molecule has 0 aliphatic rings. The van der Waals surface area contributed by atoms with E-state index in [4.69, 9.17) is 0 Å². The number of amides is 1. The number of hydrogen-bond acceptors (Lipinski definition) is 1. The summed E-state index contributed by atoms with van der Waals surface area (Å²) in [5, 5.41) is 2.95. The first-order chi connectivity index (χ1) is 11.3. The predicted octanol–water partition coefficient (Wildman–Crippen LogP) is 4.92. The maximum atomic E-state index is 12.0. The molecule has 3 aromatic rings. The molecule has 1 N–H and O–H groups in total. The summed E-state index contributed by atoms with van der Waals surface area (Å²) in [6, 6.07) is 28.2. The second-order valence-electron chi connectivity index (χ2n) is 5.48. The zero-order chi connectivity index (χ0) is 15.9. The summed E-state index contributed by atoms with van der Waals surface area (Å²) < 4.78 is 0. The number of aryl methyl sites for hydroxylation is 1. The van der Waals surface area contributed by atoms with Gasteiger partial charge in [-0.3, -0.25) is 4.79 Å². The fraction of sp³-hybridized carbons (Fsp3) is 0.0952. The van der Waals surface area contributed by atoms with Gasteiger partial charge in [-0.25, -0.2) is 0 Å². The van der Waals surface area contributed by atoms with Crippen LogP contribution in [0.5, 0.6) is 0 Å². The second kappa shape index (κ2) is 7.41. The van der Waals surface area contributed by atoms with E-state index in [0.29, 0.717) is 6.42 Å². The summed E-state index contributed by atoms with van der Waals surface area (Å²) in [5.74, 6) is 0.0429. The smallest absolute Gasteiger partial charge is 0.224 e. The van der Waals surface area contributed by atoms with Crippen molar-refractivity contribution in [3.8, 4) is 11.1 Å². The van der Waals surface area contributed by atoms with Gasteiger partial charge in [0.25, 0.3) is 0 Å². The molecule has 0 heterocycles. The Morgan fingerprint density at radius 3 is 1.91 bits per heavy atom. The molecule has 0 aliphatic heterocycles. The van der Waals surface area contributed by atoms with Gasteiger partial charge in [-0.05, 0) is 35.2 Å². The molecule has 0 atom stereocenters. The Labute approximate surface area is 136 Å². The lowest BCUT2D eigenvalue weighted by Crippen LogP contribution is -2.12. The van der Waals surface area contributed by atoms with Gasteiger partial charge < -0.3 is 5.32 Å². The first-order valence-corrected chi connectivity index (χ1v) is 7.80. The molecule has 0 bridgehead atoms. The van der Waals surface area contributed by atoms with Gasteiger partial charge >= 0.3 is 0 Å². The van der Waals surface area contributed by atoms with Crippen LogP contribution in [0.1, 0.15) is 12.0 Å². The van der Waals surface area contributed by atoms with Crippen molar-refractivity contribution in [1.82, 2.24) is 0 Å². The molecule has 3 rings (SSSR count). The third-order valence-electron chi connectivity index (χ3n) is 3.76. The normalized spacial score (nSPS) is 10.3. The maximum Gasteiger partial charge on any atom is 0.224 e. The van der Waals surface area contributed by atoms with E-state index in [0.717, 1.165) is 17.7 Å². The number of nitrogens with one attached hydrogen (secondary N) is 1. The minimum atomic E-state index is 0.0429. The van der Waals surface area contributed by atoms with Gasteiger partial charge in [0.1, 0.15) is 0 Å². The summed E-state index contributed by atoms with van der Waals surface area (Å²) in [7, 11) is 0. The van der Waals surface area contributed by atoms with Crippen LogP contribution in [0.3, 0.4) is 0 Å². The van der Waals surface area contributed by atoms with Crippen LogP contribution in [0.2, 0.25) is 0 Å². The summed E-state index contributed by atoms with van der Waals surface area (Å²) >= 11 is 0. The van der Waals surface area contributed by atoms with E-state index in [1.165, 1.54) is 11.1 Å². The number of carbonyl (C=O) groups is 1. The Bertz CT molecular complexity index is 749. The van der Waals surface area contributed by atoms with Gasteiger partial charge in [0.2, 0.25) is 5.91 Å². The molecule has 0 spiro atoms. The average molecular weight is 301 g/mol. The Balaban J connectivity index is 1.57. The lowest BCUT2D eigenvalue weighted by atomic mass is 10.1. The summed E-state index contributed by atoms with van der Waals surface area (Å²) in [4.78, 5) is 12.0. The highest BCUT2D eigenvalue weighted by Crippen LogP contribution is 2.21. The molecule has 0 radical (unpaired) electrons. The molecular weight excluding hydrogens is 282 g/mol. The minimum Gasteiger partial charge on any atom is -0.326 e. The van der Waals surface area contributed by atoms with Crippen molar-refractivity contribution < 1.29 is 4.79 Å². The van der Waals surface area contributed by atoms with Crippen LogP contribution in [-0.4, -0.2) is 5.91 Å². The molecule has 23 heavy (non-hydrogen) atoms. The van der Waals surface area contributed by atoms with Crippen molar-refractivity contribution in [2.24, 2.45) is 0 Å². The number of hydrogen-bond donors (Lipinski definition) is 1. The Morgan fingerprint density at radius 2 is 1.26 bits per heavy atom. The van der Waals surface area contributed by atoms with E-state index in [-0.39, 0.29) is 5.91 Å². The zero-order valence-electron chi connectivity index (χ0n) is 12.9. The lowest BCUT2D eigenvalue weighted by Gasteiger charge is -2.07. The van der Waals surface area contributed by atoms with Crippen molar-refractivity contribution in [2.45, 2.75) is 12.8 Å². The molecule has 0 saturated carbocycles. The highest BCUT2D eigenvalue weighted by molar-refractivity contribution is 5.91. The molecule has 0 fully saturated rings. The standard InChI is InChI=1S/C21H19NO/c23-21(16-11-17-7-3-1-4-8-17)22-20-14-12-19(13-15-20)18-9-5-2-6-10-18/h1-10,12-15H,11,16H2,(H,22,23). The SMILES string of the molecule is O=C(CCc1ccccc1)Nc1ccc(-c2ccccc2)cc1. The van der Waals surface area contributed by atoms with Crippen LogP contribution in [0.15, 0.2) is 84.9 Å². The third kappa shape index (κ3) is 4.30. The van der Waals surface area contributed by atoms with Gasteiger partial charge in [-0.1, -0.05) is 72.8 Å². The fourth-order valence-electron chi connectivity index (χ4n) is 2.50. The molecule has 2 heteroatoms. The number of carbonyl (C=O) groups excluding carboxylic acids is 1. The largest absolute Gasteiger partial charge is 0.326 e. The van der Waals surface area contributed by atoms with Crippen LogP contribution in [0.4, 0.5) is 5.69 Å². The van der Waals surface area contributed by atoms with E-state index < -0.39 is 0 Å². The summed E-state index contributed by atoms with van der Waals surface area (Å²) in [6.07, 6.45) is 1.25. The van der Waals surface area contributed by atoms with E-state index >= 15 is 0 Å². The van der Waals surface area contributed by atoms with E-state index in [2.05, 4.69) is 17.4 Å². The molecule has 114 valence electrons. The topological polar surface area (TPSA) is 29.1 Å². The summed E-state index contributed by atoms with van der Waals surface area (Å²) in [5.41, 5.74) is 4.34. The van der Waals surface area contributed by atoms with Crippen LogP contribution in [0.25, 0.3) is 11.1 Å². The molecule has 1 amide bonds. The predicted molar refractivity (Wildman–Crippen MR) is 95.3 cm³/mol. The van der Waals surface area contributed by atoms with Crippen molar-refractivity contribution >= 4 is 11.6 Å². The quantitative estimate of drug-likeness (QED) is 0.711. The average Bonchev–Trinajstić information content (AvgIpc) is 2.62. The fourth-order valence-corrected chi connectivity index (χ4v) is 2.50. The molecule has 2 nitrogen and oxygen atoms in total. The van der Waals surface area contributed by atoms with Crippen molar-refractivity contribution in [1.29, 1.82) is 0 Å². The Kier molecular flexibility index (Phi) is 4.85. The van der Waals surface area contributed by atoms with Crippen molar-refractivity contribution in [3.63, 3.8) is 0 Å². The molecule has 3 aromatic carbocycles. The van der Waals surface area contributed by atoms with Crippen LogP contribution in [0, 0.1) is 0 Å². The van der Waals surface area contributed by atoms with Gasteiger partial charge in [0.05, 0.1) is 0 Å². The van der Waals surface area contributed by atoms with Gasteiger partial charge in [0, 0.05) is 12.1 Å². The van der Waals surface area contributed by atoms with Crippen LogP contribution < -0.4 is 5.32 Å². The molecule has 0 aromatic heterocycles. The van der Waals surface area contributed by atoms with E-state index in [1.807, 2.05) is 72.8 Å². The molecular formula is C21H19NO. The van der Waals surface area contributed by atoms with Crippen LogP contribution in [-0.2, 0) is 11.2 Å².